The molecule has 106 valence electrons. The monoisotopic (exact) mass is 324 g/mol. The van der Waals surface area contributed by atoms with E-state index in [0.717, 1.165) is 19.5 Å². The minimum Gasteiger partial charge on any atom is -0.365 e. The van der Waals surface area contributed by atoms with Gasteiger partial charge in [0, 0.05) is 16.6 Å². The SMILES string of the molecule is Cc1ccc(N2CCCC(CCN)C2(C)C)c(Br)c1. The number of piperidine rings is 1. The van der Waals surface area contributed by atoms with Crippen molar-refractivity contribution < 1.29 is 0 Å². The van der Waals surface area contributed by atoms with Gasteiger partial charge in [-0.2, -0.15) is 0 Å². The molecular formula is C16H25BrN2. The molecule has 0 saturated carbocycles. The molecule has 2 nitrogen and oxygen atoms in total. The summed E-state index contributed by atoms with van der Waals surface area (Å²) in [5.41, 5.74) is 8.57. The summed E-state index contributed by atoms with van der Waals surface area (Å²) in [6.45, 7) is 8.78. The molecule has 0 aromatic heterocycles. The molecule has 3 heteroatoms. The summed E-state index contributed by atoms with van der Waals surface area (Å²) in [7, 11) is 0. The zero-order chi connectivity index (χ0) is 14.0. The molecular weight excluding hydrogens is 300 g/mol. The Labute approximate surface area is 125 Å². The van der Waals surface area contributed by atoms with E-state index < -0.39 is 0 Å². The Morgan fingerprint density at radius 2 is 2.16 bits per heavy atom. The van der Waals surface area contributed by atoms with E-state index in [1.807, 2.05) is 0 Å². The third-order valence-corrected chi connectivity index (χ3v) is 5.17. The van der Waals surface area contributed by atoms with E-state index in [1.54, 1.807) is 0 Å². The molecule has 1 aliphatic rings. The Kier molecular flexibility index (Phi) is 4.57. The maximum absolute atomic E-state index is 5.79. The summed E-state index contributed by atoms with van der Waals surface area (Å²) in [6, 6.07) is 6.65. The van der Waals surface area contributed by atoms with Gasteiger partial charge in [0.2, 0.25) is 0 Å². The minimum atomic E-state index is 0.176. The van der Waals surface area contributed by atoms with Gasteiger partial charge >= 0.3 is 0 Å². The highest BCUT2D eigenvalue weighted by Gasteiger charge is 2.38. The molecule has 0 aliphatic carbocycles. The van der Waals surface area contributed by atoms with Crippen molar-refractivity contribution in [2.45, 2.75) is 45.6 Å². The molecule has 0 spiro atoms. The largest absolute Gasteiger partial charge is 0.365 e. The first-order chi connectivity index (χ1) is 8.96. The van der Waals surface area contributed by atoms with Crippen LogP contribution in [0, 0.1) is 12.8 Å². The van der Waals surface area contributed by atoms with Crippen LogP contribution >= 0.6 is 15.9 Å². The molecule has 1 aliphatic heterocycles. The van der Waals surface area contributed by atoms with E-state index >= 15 is 0 Å². The molecule has 1 saturated heterocycles. The first-order valence-electron chi connectivity index (χ1n) is 7.20. The van der Waals surface area contributed by atoms with Gasteiger partial charge in [-0.1, -0.05) is 6.07 Å². The van der Waals surface area contributed by atoms with Crippen molar-refractivity contribution in [3.05, 3.63) is 28.2 Å². The molecule has 1 fully saturated rings. The number of hydrogen-bond donors (Lipinski definition) is 1. The number of nitrogens with zero attached hydrogens (tertiary/aromatic N) is 1. The Bertz CT molecular complexity index is 440. The van der Waals surface area contributed by atoms with Crippen molar-refractivity contribution in [3.63, 3.8) is 0 Å². The second kappa shape index (κ2) is 5.84. The average molecular weight is 325 g/mol. The van der Waals surface area contributed by atoms with Crippen LogP contribution in [0.25, 0.3) is 0 Å². The van der Waals surface area contributed by atoms with Crippen LogP contribution in [-0.2, 0) is 0 Å². The highest BCUT2D eigenvalue weighted by Crippen LogP contribution is 2.41. The number of aryl methyl sites for hydroxylation is 1. The zero-order valence-corrected chi connectivity index (χ0v) is 13.8. The van der Waals surface area contributed by atoms with E-state index in [1.165, 1.54) is 28.6 Å². The first kappa shape index (κ1) is 14.9. The second-order valence-corrected chi connectivity index (χ2v) is 7.03. The quantitative estimate of drug-likeness (QED) is 0.906. The third kappa shape index (κ3) is 2.97. The number of halogens is 1. The predicted molar refractivity (Wildman–Crippen MR) is 86.7 cm³/mol. The zero-order valence-electron chi connectivity index (χ0n) is 12.2. The molecule has 1 heterocycles. The van der Waals surface area contributed by atoms with Crippen LogP contribution in [0.1, 0.15) is 38.7 Å². The summed E-state index contributed by atoms with van der Waals surface area (Å²) in [4.78, 5) is 2.56. The third-order valence-electron chi connectivity index (χ3n) is 4.54. The lowest BCUT2D eigenvalue weighted by atomic mass is 9.77. The van der Waals surface area contributed by atoms with Gasteiger partial charge in [-0.25, -0.2) is 0 Å². The van der Waals surface area contributed by atoms with Gasteiger partial charge < -0.3 is 10.6 Å². The fraction of sp³-hybridized carbons (Fsp3) is 0.625. The Morgan fingerprint density at radius 3 is 2.79 bits per heavy atom. The number of hydrogen-bond acceptors (Lipinski definition) is 2. The maximum atomic E-state index is 5.79. The summed E-state index contributed by atoms with van der Waals surface area (Å²) >= 11 is 3.73. The molecule has 1 aromatic carbocycles. The van der Waals surface area contributed by atoms with Gasteiger partial charge in [-0.15, -0.1) is 0 Å². The highest BCUT2D eigenvalue weighted by atomic mass is 79.9. The average Bonchev–Trinajstić information content (AvgIpc) is 2.33. The molecule has 2 rings (SSSR count). The number of benzene rings is 1. The van der Waals surface area contributed by atoms with E-state index in [-0.39, 0.29) is 5.54 Å². The van der Waals surface area contributed by atoms with E-state index in [9.17, 15) is 0 Å². The summed E-state index contributed by atoms with van der Waals surface area (Å²) < 4.78 is 1.20. The number of rotatable bonds is 3. The lowest BCUT2D eigenvalue weighted by Crippen LogP contribution is -2.54. The molecule has 0 amide bonds. The molecule has 1 atom stereocenters. The van der Waals surface area contributed by atoms with Crippen molar-refractivity contribution in [1.29, 1.82) is 0 Å². The van der Waals surface area contributed by atoms with Gasteiger partial charge in [-0.3, -0.25) is 0 Å². The lowest BCUT2D eigenvalue weighted by Gasteiger charge is -2.50. The van der Waals surface area contributed by atoms with Crippen LogP contribution in [-0.4, -0.2) is 18.6 Å². The summed E-state index contributed by atoms with van der Waals surface area (Å²) in [5.74, 6) is 0.680. The van der Waals surface area contributed by atoms with E-state index in [4.69, 9.17) is 5.73 Å². The van der Waals surface area contributed by atoms with Crippen LogP contribution in [0.15, 0.2) is 22.7 Å². The van der Waals surface area contributed by atoms with E-state index in [0.29, 0.717) is 5.92 Å². The summed E-state index contributed by atoms with van der Waals surface area (Å²) in [5, 5.41) is 0. The predicted octanol–water partition coefficient (Wildman–Crippen LogP) is 4.10. The van der Waals surface area contributed by atoms with Crippen LogP contribution in [0.2, 0.25) is 0 Å². The van der Waals surface area contributed by atoms with Gasteiger partial charge in [0.15, 0.2) is 0 Å². The van der Waals surface area contributed by atoms with Crippen molar-refractivity contribution in [1.82, 2.24) is 0 Å². The van der Waals surface area contributed by atoms with E-state index in [2.05, 4.69) is 59.8 Å². The Morgan fingerprint density at radius 1 is 1.42 bits per heavy atom. The second-order valence-electron chi connectivity index (χ2n) is 6.18. The standard InChI is InChI=1S/C16H25BrN2/c1-12-6-7-15(14(17)11-12)19-10-4-5-13(8-9-18)16(19,2)3/h6-7,11,13H,4-5,8-10,18H2,1-3H3. The lowest BCUT2D eigenvalue weighted by molar-refractivity contribution is 0.227. The van der Waals surface area contributed by atoms with Gasteiger partial charge in [0.1, 0.15) is 0 Å². The van der Waals surface area contributed by atoms with Gasteiger partial charge in [0.05, 0.1) is 5.69 Å². The highest BCUT2D eigenvalue weighted by molar-refractivity contribution is 9.10. The van der Waals surface area contributed by atoms with Crippen molar-refractivity contribution >= 4 is 21.6 Å². The van der Waals surface area contributed by atoms with Gasteiger partial charge in [-0.05, 0) is 86.1 Å². The molecule has 0 radical (unpaired) electrons. The molecule has 1 aromatic rings. The minimum absolute atomic E-state index is 0.176. The Balaban J connectivity index is 2.32. The number of nitrogens with two attached hydrogens (primary N) is 1. The number of anilines is 1. The van der Waals surface area contributed by atoms with Crippen LogP contribution in [0.5, 0.6) is 0 Å². The normalized spacial score (nSPS) is 22.6. The molecule has 2 N–H and O–H groups in total. The maximum Gasteiger partial charge on any atom is 0.0515 e. The molecule has 0 bridgehead atoms. The fourth-order valence-electron chi connectivity index (χ4n) is 3.32. The first-order valence-corrected chi connectivity index (χ1v) is 8.00. The topological polar surface area (TPSA) is 29.3 Å². The van der Waals surface area contributed by atoms with Crippen molar-refractivity contribution in [3.8, 4) is 0 Å². The van der Waals surface area contributed by atoms with Crippen LogP contribution < -0.4 is 10.6 Å². The smallest absolute Gasteiger partial charge is 0.0515 e. The van der Waals surface area contributed by atoms with Crippen molar-refractivity contribution in [2.24, 2.45) is 11.7 Å². The molecule has 19 heavy (non-hydrogen) atoms. The van der Waals surface area contributed by atoms with Gasteiger partial charge in [0.25, 0.3) is 0 Å². The fourth-order valence-corrected chi connectivity index (χ4v) is 4.03. The summed E-state index contributed by atoms with van der Waals surface area (Å²) in [6.07, 6.45) is 3.67. The Hall–Kier alpha value is -0.540. The molecule has 1 unspecified atom stereocenters. The van der Waals surface area contributed by atoms with Crippen LogP contribution in [0.3, 0.4) is 0 Å². The van der Waals surface area contributed by atoms with Crippen LogP contribution in [0.4, 0.5) is 5.69 Å². The van der Waals surface area contributed by atoms with Crippen molar-refractivity contribution in [2.75, 3.05) is 18.0 Å².